The predicted molar refractivity (Wildman–Crippen MR) is 93.4 cm³/mol. The number of aliphatic hydroxyl groups excluding tert-OH is 1. The Morgan fingerprint density at radius 1 is 1.19 bits per heavy atom. The second-order valence-electron chi connectivity index (χ2n) is 6.76. The summed E-state index contributed by atoms with van der Waals surface area (Å²) in [5, 5.41) is 10.6. The fourth-order valence-electron chi connectivity index (χ4n) is 4.00. The number of rotatable bonds is 4. The normalized spacial score (nSPS) is 21.5. The maximum atomic E-state index is 13.0. The summed E-state index contributed by atoms with van der Waals surface area (Å²) < 4.78 is 5.22. The molecule has 1 N–H and O–H groups in total. The van der Waals surface area contributed by atoms with Crippen molar-refractivity contribution in [2.75, 3.05) is 0 Å². The minimum atomic E-state index is -0.642. The van der Waals surface area contributed by atoms with Crippen LogP contribution in [0.3, 0.4) is 0 Å². The topological polar surface area (TPSA) is 83.6 Å². The highest BCUT2D eigenvalue weighted by Gasteiger charge is 2.47. The van der Waals surface area contributed by atoms with Crippen LogP contribution in [0.5, 0.6) is 0 Å². The molecule has 0 saturated heterocycles. The lowest BCUT2D eigenvalue weighted by Gasteiger charge is -2.36. The highest BCUT2D eigenvalue weighted by atomic mass is 16.3. The summed E-state index contributed by atoms with van der Waals surface area (Å²) in [5.41, 5.74) is 0.786. The van der Waals surface area contributed by atoms with E-state index in [-0.39, 0.29) is 17.4 Å². The Bertz CT molecular complexity index is 836. The van der Waals surface area contributed by atoms with Gasteiger partial charge in [-0.3, -0.25) is 14.6 Å². The molecule has 1 aliphatic heterocycles. The molecule has 4 rings (SSSR count). The van der Waals surface area contributed by atoms with Gasteiger partial charge in [-0.15, -0.1) is 0 Å². The van der Waals surface area contributed by atoms with Gasteiger partial charge in [-0.25, -0.2) is 0 Å². The van der Waals surface area contributed by atoms with E-state index in [4.69, 9.17) is 4.42 Å². The van der Waals surface area contributed by atoms with Crippen molar-refractivity contribution in [2.24, 2.45) is 0 Å². The lowest BCUT2D eigenvalue weighted by molar-refractivity contribution is -0.132. The van der Waals surface area contributed by atoms with Crippen LogP contribution in [0.25, 0.3) is 0 Å². The summed E-state index contributed by atoms with van der Waals surface area (Å²) in [6.45, 7) is 0. The number of hydrogen-bond acceptors (Lipinski definition) is 5. The van der Waals surface area contributed by atoms with Crippen molar-refractivity contribution in [1.82, 2.24) is 9.88 Å². The number of carbonyl (C=O) groups excluding carboxylic acids is 2. The van der Waals surface area contributed by atoms with Gasteiger partial charge in [-0.05, 0) is 36.6 Å². The standard InChI is InChI=1S/C20H20N2O4/c23-18(15-9-5-11-26-15)16-17(13-6-4-10-21-12-13)22(20(25)19(16)24)14-7-2-1-3-8-14/h4-6,9-12,14,17,24H,1-3,7-8H2. The second kappa shape index (κ2) is 6.78. The summed E-state index contributed by atoms with van der Waals surface area (Å²) in [6.07, 6.45) is 9.65. The van der Waals surface area contributed by atoms with E-state index in [2.05, 4.69) is 4.98 Å². The second-order valence-corrected chi connectivity index (χ2v) is 6.76. The average Bonchev–Trinajstić information content (AvgIpc) is 3.31. The van der Waals surface area contributed by atoms with Crippen LogP contribution in [-0.2, 0) is 4.79 Å². The number of aliphatic hydroxyl groups is 1. The van der Waals surface area contributed by atoms with Crippen LogP contribution in [0.4, 0.5) is 0 Å². The van der Waals surface area contributed by atoms with Gasteiger partial charge in [0.2, 0.25) is 5.78 Å². The van der Waals surface area contributed by atoms with Crippen molar-refractivity contribution in [3.63, 3.8) is 0 Å². The molecule has 1 saturated carbocycles. The van der Waals surface area contributed by atoms with Crippen LogP contribution in [0.2, 0.25) is 0 Å². The van der Waals surface area contributed by atoms with Gasteiger partial charge in [0.1, 0.15) is 0 Å². The summed E-state index contributed by atoms with van der Waals surface area (Å²) >= 11 is 0. The number of carbonyl (C=O) groups is 2. The van der Waals surface area contributed by atoms with E-state index in [0.29, 0.717) is 5.56 Å². The van der Waals surface area contributed by atoms with Crippen LogP contribution in [0, 0.1) is 0 Å². The van der Waals surface area contributed by atoms with Crippen LogP contribution in [-0.4, -0.2) is 32.7 Å². The summed E-state index contributed by atoms with van der Waals surface area (Å²) in [6, 6.07) is 6.11. The molecule has 0 bridgehead atoms. The Hall–Kier alpha value is -2.89. The van der Waals surface area contributed by atoms with Crippen molar-refractivity contribution in [3.05, 3.63) is 65.6 Å². The number of Topliss-reactive ketones (excluding diaryl/α,β-unsaturated/α-hetero) is 1. The van der Waals surface area contributed by atoms with Gasteiger partial charge >= 0.3 is 0 Å². The van der Waals surface area contributed by atoms with Gasteiger partial charge in [0.05, 0.1) is 17.9 Å². The smallest absolute Gasteiger partial charge is 0.290 e. The number of ketones is 1. The molecule has 0 aromatic carbocycles. The molecule has 1 fully saturated rings. The van der Waals surface area contributed by atoms with Crippen molar-refractivity contribution in [2.45, 2.75) is 44.2 Å². The molecular weight excluding hydrogens is 332 g/mol. The first-order chi connectivity index (χ1) is 12.7. The lowest BCUT2D eigenvalue weighted by Crippen LogP contribution is -2.41. The minimum Gasteiger partial charge on any atom is -0.503 e. The minimum absolute atomic E-state index is 0.00510. The van der Waals surface area contributed by atoms with Crippen molar-refractivity contribution in [1.29, 1.82) is 0 Å². The van der Waals surface area contributed by atoms with E-state index >= 15 is 0 Å². The molecular formula is C20H20N2O4. The Morgan fingerprint density at radius 3 is 2.65 bits per heavy atom. The number of pyridine rings is 1. The summed E-state index contributed by atoms with van der Waals surface area (Å²) in [5.74, 6) is -1.32. The third kappa shape index (κ3) is 2.71. The molecule has 0 spiro atoms. The maximum absolute atomic E-state index is 13.0. The first kappa shape index (κ1) is 16.6. The van der Waals surface area contributed by atoms with Crippen LogP contribution in [0.15, 0.2) is 58.7 Å². The SMILES string of the molecule is O=C(C1=C(O)C(=O)N(C2CCCCC2)C1c1cccnc1)c1ccco1. The summed E-state index contributed by atoms with van der Waals surface area (Å²) in [4.78, 5) is 31.7. The highest BCUT2D eigenvalue weighted by molar-refractivity contribution is 6.15. The Labute approximate surface area is 151 Å². The molecule has 1 amide bonds. The fourth-order valence-corrected chi connectivity index (χ4v) is 4.00. The molecule has 1 atom stereocenters. The number of nitrogens with zero attached hydrogens (tertiary/aromatic N) is 2. The highest BCUT2D eigenvalue weighted by Crippen LogP contribution is 2.42. The van der Waals surface area contributed by atoms with E-state index in [1.54, 1.807) is 29.4 Å². The van der Waals surface area contributed by atoms with Crippen molar-refractivity contribution < 1.29 is 19.1 Å². The Kier molecular flexibility index (Phi) is 4.32. The van der Waals surface area contributed by atoms with Gasteiger partial charge in [0.15, 0.2) is 11.5 Å². The monoisotopic (exact) mass is 352 g/mol. The van der Waals surface area contributed by atoms with Gasteiger partial charge in [0.25, 0.3) is 5.91 Å². The predicted octanol–water partition coefficient (Wildman–Crippen LogP) is 3.59. The zero-order chi connectivity index (χ0) is 18.1. The van der Waals surface area contributed by atoms with E-state index in [0.717, 1.165) is 32.1 Å². The Balaban J connectivity index is 1.80. The third-order valence-corrected chi connectivity index (χ3v) is 5.20. The zero-order valence-corrected chi connectivity index (χ0v) is 14.3. The van der Waals surface area contributed by atoms with E-state index in [1.165, 1.54) is 12.3 Å². The van der Waals surface area contributed by atoms with Crippen LogP contribution >= 0.6 is 0 Å². The molecule has 2 aromatic rings. The largest absolute Gasteiger partial charge is 0.503 e. The molecule has 6 nitrogen and oxygen atoms in total. The first-order valence-corrected chi connectivity index (χ1v) is 8.92. The van der Waals surface area contributed by atoms with Crippen molar-refractivity contribution >= 4 is 11.7 Å². The molecule has 2 aliphatic rings. The van der Waals surface area contributed by atoms with Gasteiger partial charge in [0, 0.05) is 18.4 Å². The van der Waals surface area contributed by atoms with Gasteiger partial charge in [-0.2, -0.15) is 0 Å². The number of hydrogen-bond donors (Lipinski definition) is 1. The number of aromatic nitrogens is 1. The molecule has 6 heteroatoms. The quantitative estimate of drug-likeness (QED) is 0.850. The van der Waals surface area contributed by atoms with Crippen LogP contribution < -0.4 is 0 Å². The first-order valence-electron chi connectivity index (χ1n) is 8.92. The molecule has 134 valence electrons. The molecule has 2 aromatic heterocycles. The molecule has 3 heterocycles. The molecule has 26 heavy (non-hydrogen) atoms. The van der Waals surface area contributed by atoms with Gasteiger partial charge in [-0.1, -0.05) is 25.3 Å². The van der Waals surface area contributed by atoms with Crippen molar-refractivity contribution in [3.8, 4) is 0 Å². The third-order valence-electron chi connectivity index (χ3n) is 5.20. The Morgan fingerprint density at radius 2 is 2.00 bits per heavy atom. The number of furan rings is 1. The number of amides is 1. The average molecular weight is 352 g/mol. The van der Waals surface area contributed by atoms with E-state index < -0.39 is 23.5 Å². The van der Waals surface area contributed by atoms with E-state index in [1.807, 2.05) is 6.07 Å². The fraction of sp³-hybridized carbons (Fsp3) is 0.350. The van der Waals surface area contributed by atoms with Crippen LogP contribution in [0.1, 0.15) is 54.3 Å². The van der Waals surface area contributed by atoms with E-state index in [9.17, 15) is 14.7 Å². The van der Waals surface area contributed by atoms with Gasteiger partial charge < -0.3 is 14.4 Å². The zero-order valence-electron chi connectivity index (χ0n) is 14.3. The summed E-state index contributed by atoms with van der Waals surface area (Å²) in [7, 11) is 0. The maximum Gasteiger partial charge on any atom is 0.290 e. The molecule has 1 unspecified atom stereocenters. The lowest BCUT2D eigenvalue weighted by atomic mass is 9.90. The molecule has 0 radical (unpaired) electrons. The molecule has 1 aliphatic carbocycles.